The maximum Gasteiger partial charge on any atom is 0.259 e. The van der Waals surface area contributed by atoms with Crippen LogP contribution in [0.4, 0.5) is 5.69 Å². The first-order chi connectivity index (χ1) is 9.69. The molecule has 1 aromatic rings. The Balaban J connectivity index is 2.32. The largest absolute Gasteiger partial charge is 0.493 e. The molecule has 2 rings (SSSR count). The number of carbonyl (C=O) groups excluding carboxylic acids is 1. The summed E-state index contributed by atoms with van der Waals surface area (Å²) in [6.07, 6.45) is 4.34. The molecule has 0 radical (unpaired) electrons. The van der Waals surface area contributed by atoms with Crippen LogP contribution in [-0.4, -0.2) is 30.0 Å². The molecule has 4 heteroatoms. The van der Waals surface area contributed by atoms with Crippen LogP contribution in [0.5, 0.6) is 5.75 Å². The van der Waals surface area contributed by atoms with Gasteiger partial charge in [0.2, 0.25) is 0 Å². The van der Waals surface area contributed by atoms with Crippen molar-refractivity contribution in [3.8, 4) is 5.75 Å². The Morgan fingerprint density at radius 2 is 2.20 bits per heavy atom. The van der Waals surface area contributed by atoms with Crippen molar-refractivity contribution in [2.75, 3.05) is 18.9 Å². The topological polar surface area (TPSA) is 55.6 Å². The average molecular weight is 276 g/mol. The van der Waals surface area contributed by atoms with Crippen molar-refractivity contribution in [1.29, 1.82) is 0 Å². The van der Waals surface area contributed by atoms with Crippen LogP contribution in [0, 0.1) is 0 Å². The minimum Gasteiger partial charge on any atom is -0.493 e. The number of nitrogen functional groups attached to an aromatic ring is 1. The van der Waals surface area contributed by atoms with Gasteiger partial charge in [0, 0.05) is 18.3 Å². The lowest BCUT2D eigenvalue weighted by molar-refractivity contribution is 0.0605. The van der Waals surface area contributed by atoms with E-state index in [1.54, 1.807) is 6.07 Å². The van der Waals surface area contributed by atoms with Crippen LogP contribution in [0.2, 0.25) is 0 Å². The minimum atomic E-state index is 0.0121. The molecule has 0 spiro atoms. The summed E-state index contributed by atoms with van der Waals surface area (Å²) in [6, 6.07) is 5.73. The Bertz CT molecular complexity index is 474. The van der Waals surface area contributed by atoms with Gasteiger partial charge in [0.15, 0.2) is 0 Å². The smallest absolute Gasteiger partial charge is 0.259 e. The SMILES string of the molecule is CCOc1cccc(N)c1C(=O)N1CCCCC1CC. The molecule has 1 heterocycles. The van der Waals surface area contributed by atoms with Crippen LogP contribution in [-0.2, 0) is 0 Å². The van der Waals surface area contributed by atoms with Gasteiger partial charge in [-0.25, -0.2) is 0 Å². The highest BCUT2D eigenvalue weighted by Crippen LogP contribution is 2.29. The van der Waals surface area contributed by atoms with Crippen molar-refractivity contribution in [3.63, 3.8) is 0 Å². The molecule has 4 nitrogen and oxygen atoms in total. The van der Waals surface area contributed by atoms with Crippen LogP contribution in [0.15, 0.2) is 18.2 Å². The number of hydrogen-bond acceptors (Lipinski definition) is 3. The monoisotopic (exact) mass is 276 g/mol. The molecule has 1 unspecified atom stereocenters. The molecule has 1 fully saturated rings. The molecule has 1 amide bonds. The van der Waals surface area contributed by atoms with Gasteiger partial charge in [0.05, 0.1) is 6.61 Å². The second-order valence-electron chi connectivity index (χ2n) is 5.21. The predicted molar refractivity (Wildman–Crippen MR) is 81.0 cm³/mol. The summed E-state index contributed by atoms with van der Waals surface area (Å²) < 4.78 is 5.57. The molecule has 2 N–H and O–H groups in total. The van der Waals surface area contributed by atoms with E-state index in [1.807, 2.05) is 24.0 Å². The lowest BCUT2D eigenvalue weighted by Crippen LogP contribution is -2.43. The van der Waals surface area contributed by atoms with Gasteiger partial charge in [-0.3, -0.25) is 4.79 Å². The molecule has 0 aromatic heterocycles. The van der Waals surface area contributed by atoms with Gasteiger partial charge < -0.3 is 15.4 Å². The molecule has 1 aliphatic rings. The van der Waals surface area contributed by atoms with Crippen molar-refractivity contribution in [2.24, 2.45) is 0 Å². The summed E-state index contributed by atoms with van der Waals surface area (Å²) in [5.74, 6) is 0.607. The van der Waals surface area contributed by atoms with E-state index < -0.39 is 0 Å². The Morgan fingerprint density at radius 1 is 1.40 bits per heavy atom. The molecule has 1 saturated heterocycles. The van der Waals surface area contributed by atoms with Crippen LogP contribution < -0.4 is 10.5 Å². The van der Waals surface area contributed by atoms with Gasteiger partial charge in [0.1, 0.15) is 11.3 Å². The van der Waals surface area contributed by atoms with Crippen molar-refractivity contribution >= 4 is 11.6 Å². The zero-order chi connectivity index (χ0) is 14.5. The van der Waals surface area contributed by atoms with Gasteiger partial charge in [-0.15, -0.1) is 0 Å². The van der Waals surface area contributed by atoms with Crippen LogP contribution in [0.1, 0.15) is 49.9 Å². The molecule has 0 bridgehead atoms. The van der Waals surface area contributed by atoms with Crippen molar-refractivity contribution < 1.29 is 9.53 Å². The number of amides is 1. The normalized spacial score (nSPS) is 18.9. The Hall–Kier alpha value is -1.71. The fraction of sp³-hybridized carbons (Fsp3) is 0.562. The first-order valence-corrected chi connectivity index (χ1v) is 7.51. The molecule has 110 valence electrons. The van der Waals surface area contributed by atoms with E-state index in [0.717, 1.165) is 25.8 Å². The summed E-state index contributed by atoms with van der Waals surface area (Å²) in [7, 11) is 0. The molecule has 1 atom stereocenters. The maximum absolute atomic E-state index is 12.9. The highest BCUT2D eigenvalue weighted by Gasteiger charge is 2.29. The molecule has 0 saturated carbocycles. The average Bonchev–Trinajstić information content (AvgIpc) is 2.47. The third-order valence-corrected chi connectivity index (χ3v) is 3.93. The predicted octanol–water partition coefficient (Wildman–Crippen LogP) is 3.07. The number of anilines is 1. The van der Waals surface area contributed by atoms with Gasteiger partial charge in [-0.2, -0.15) is 0 Å². The van der Waals surface area contributed by atoms with E-state index in [-0.39, 0.29) is 5.91 Å². The number of nitrogens with zero attached hydrogens (tertiary/aromatic N) is 1. The summed E-state index contributed by atoms with van der Waals surface area (Å²) >= 11 is 0. The Kier molecular flexibility index (Phi) is 4.88. The molecule has 0 aliphatic carbocycles. The number of hydrogen-bond donors (Lipinski definition) is 1. The van der Waals surface area contributed by atoms with E-state index in [4.69, 9.17) is 10.5 Å². The van der Waals surface area contributed by atoms with E-state index in [9.17, 15) is 4.79 Å². The Labute approximate surface area is 120 Å². The number of rotatable bonds is 4. The molecular weight excluding hydrogens is 252 g/mol. The summed E-state index contributed by atoms with van der Waals surface area (Å²) in [4.78, 5) is 14.8. The number of nitrogens with two attached hydrogens (primary N) is 1. The fourth-order valence-corrected chi connectivity index (χ4v) is 2.89. The fourth-order valence-electron chi connectivity index (χ4n) is 2.89. The van der Waals surface area contributed by atoms with Crippen molar-refractivity contribution in [2.45, 2.75) is 45.6 Å². The van der Waals surface area contributed by atoms with E-state index in [0.29, 0.717) is 29.6 Å². The lowest BCUT2D eigenvalue weighted by atomic mass is 9.98. The van der Waals surface area contributed by atoms with Gasteiger partial charge in [-0.05, 0) is 44.7 Å². The highest BCUT2D eigenvalue weighted by atomic mass is 16.5. The number of benzene rings is 1. The van der Waals surface area contributed by atoms with Crippen molar-refractivity contribution in [1.82, 2.24) is 4.90 Å². The number of ether oxygens (including phenoxy) is 1. The molecule has 20 heavy (non-hydrogen) atoms. The van der Waals surface area contributed by atoms with Gasteiger partial charge in [-0.1, -0.05) is 13.0 Å². The van der Waals surface area contributed by atoms with E-state index in [1.165, 1.54) is 6.42 Å². The third kappa shape index (κ3) is 2.89. The summed E-state index contributed by atoms with van der Waals surface area (Å²) in [6.45, 7) is 5.39. The van der Waals surface area contributed by atoms with E-state index >= 15 is 0 Å². The first-order valence-electron chi connectivity index (χ1n) is 7.51. The van der Waals surface area contributed by atoms with Gasteiger partial charge in [0.25, 0.3) is 5.91 Å². The van der Waals surface area contributed by atoms with Crippen LogP contribution >= 0.6 is 0 Å². The standard InChI is InChI=1S/C16H24N2O2/c1-3-12-8-5-6-11-18(12)16(19)15-13(17)9-7-10-14(15)20-4-2/h7,9-10,12H,3-6,8,11,17H2,1-2H3. The Morgan fingerprint density at radius 3 is 2.90 bits per heavy atom. The number of piperidine rings is 1. The third-order valence-electron chi connectivity index (χ3n) is 3.93. The second kappa shape index (κ2) is 6.64. The molecule has 1 aliphatic heterocycles. The number of likely N-dealkylation sites (tertiary alicyclic amines) is 1. The lowest BCUT2D eigenvalue weighted by Gasteiger charge is -2.35. The summed E-state index contributed by atoms with van der Waals surface area (Å²) in [5.41, 5.74) is 7.04. The minimum absolute atomic E-state index is 0.0121. The first kappa shape index (κ1) is 14.7. The maximum atomic E-state index is 12.9. The highest BCUT2D eigenvalue weighted by molar-refractivity contribution is 6.02. The zero-order valence-electron chi connectivity index (χ0n) is 12.4. The summed E-state index contributed by atoms with van der Waals surface area (Å²) in [5, 5.41) is 0. The molecule has 1 aromatic carbocycles. The van der Waals surface area contributed by atoms with E-state index in [2.05, 4.69) is 6.92 Å². The number of carbonyl (C=O) groups is 1. The van der Waals surface area contributed by atoms with Crippen molar-refractivity contribution in [3.05, 3.63) is 23.8 Å². The quantitative estimate of drug-likeness (QED) is 0.860. The van der Waals surface area contributed by atoms with Gasteiger partial charge >= 0.3 is 0 Å². The van der Waals surface area contributed by atoms with Crippen LogP contribution in [0.25, 0.3) is 0 Å². The molecular formula is C16H24N2O2. The zero-order valence-corrected chi connectivity index (χ0v) is 12.4. The van der Waals surface area contributed by atoms with Crippen LogP contribution in [0.3, 0.4) is 0 Å². The second-order valence-corrected chi connectivity index (χ2v) is 5.21.